The molecule has 0 unspecified atom stereocenters. The van der Waals surface area contributed by atoms with Gasteiger partial charge < -0.3 is 15.5 Å². The number of hydrogen-bond donors (Lipinski definition) is 2. The summed E-state index contributed by atoms with van der Waals surface area (Å²) < 4.78 is 0. The molecule has 0 aliphatic carbocycles. The van der Waals surface area contributed by atoms with Gasteiger partial charge in [-0.05, 0) is 45.3 Å². The number of nitrogens with one attached hydrogen (secondary N) is 2. The molecule has 1 aliphatic heterocycles. The summed E-state index contributed by atoms with van der Waals surface area (Å²) in [6.45, 7) is 7.74. The second-order valence-corrected chi connectivity index (χ2v) is 5.94. The van der Waals surface area contributed by atoms with E-state index >= 15 is 0 Å². The number of hydrogen-bond acceptors (Lipinski definition) is 5. The Morgan fingerprint density at radius 3 is 2.68 bits per heavy atom. The Balaban J connectivity index is 1.98. The number of anilines is 2. The fourth-order valence-electron chi connectivity index (χ4n) is 2.37. The van der Waals surface area contributed by atoms with Gasteiger partial charge in [-0.1, -0.05) is 6.92 Å². The lowest BCUT2D eigenvalue weighted by Gasteiger charge is -2.38. The molecule has 1 aromatic heterocycles. The van der Waals surface area contributed by atoms with Gasteiger partial charge in [0.15, 0.2) is 0 Å². The maximum Gasteiger partial charge on any atom is 0.224 e. The lowest BCUT2D eigenvalue weighted by molar-refractivity contribution is 0.150. The normalized spacial score (nSPS) is 19.2. The molecule has 0 saturated carbocycles. The predicted molar refractivity (Wildman–Crippen MR) is 79.6 cm³/mol. The molecule has 1 saturated heterocycles. The van der Waals surface area contributed by atoms with Crippen molar-refractivity contribution in [2.45, 2.75) is 26.7 Å². The van der Waals surface area contributed by atoms with Crippen LogP contribution in [0.3, 0.4) is 0 Å². The van der Waals surface area contributed by atoms with Crippen LogP contribution in [0.1, 0.15) is 25.3 Å². The van der Waals surface area contributed by atoms with Crippen LogP contribution in [0.15, 0.2) is 6.20 Å². The quantitative estimate of drug-likeness (QED) is 0.870. The maximum absolute atomic E-state index is 4.48. The third-order valence-corrected chi connectivity index (χ3v) is 4.07. The van der Waals surface area contributed by atoms with Crippen LogP contribution in [0.25, 0.3) is 0 Å². The Bertz CT molecular complexity index is 424. The molecular formula is C14H25N5. The van der Waals surface area contributed by atoms with Crippen molar-refractivity contribution in [3.63, 3.8) is 0 Å². The van der Waals surface area contributed by atoms with Crippen molar-refractivity contribution in [3.05, 3.63) is 11.8 Å². The Labute approximate surface area is 115 Å². The lowest BCUT2D eigenvalue weighted by Crippen LogP contribution is -2.40. The van der Waals surface area contributed by atoms with Gasteiger partial charge in [-0.25, -0.2) is 4.98 Å². The van der Waals surface area contributed by atoms with E-state index in [-0.39, 0.29) is 0 Å². The predicted octanol–water partition coefficient (Wildman–Crippen LogP) is 1.97. The van der Waals surface area contributed by atoms with Crippen molar-refractivity contribution in [1.82, 2.24) is 14.9 Å². The molecule has 0 radical (unpaired) electrons. The molecule has 19 heavy (non-hydrogen) atoms. The first-order valence-corrected chi connectivity index (χ1v) is 6.96. The summed E-state index contributed by atoms with van der Waals surface area (Å²) in [5.41, 5.74) is 1.46. The van der Waals surface area contributed by atoms with Crippen molar-refractivity contribution >= 4 is 11.8 Å². The van der Waals surface area contributed by atoms with Gasteiger partial charge >= 0.3 is 0 Å². The lowest BCUT2D eigenvalue weighted by atomic mass is 9.80. The van der Waals surface area contributed by atoms with E-state index in [0.717, 1.165) is 17.9 Å². The van der Waals surface area contributed by atoms with E-state index in [1.165, 1.54) is 25.9 Å². The molecule has 2 N–H and O–H groups in total. The standard InChI is InChI=1S/C14H25N5/c1-11-9-16-13(15-3)18-12(11)17-10-14(2)5-7-19(4)8-6-14/h9H,5-8,10H2,1-4H3,(H2,15,16,17,18). The summed E-state index contributed by atoms with van der Waals surface area (Å²) in [6, 6.07) is 0. The minimum atomic E-state index is 0.365. The Kier molecular flexibility index (Phi) is 4.24. The van der Waals surface area contributed by atoms with Gasteiger partial charge in [-0.3, -0.25) is 0 Å². The fraction of sp³-hybridized carbons (Fsp3) is 0.714. The highest BCUT2D eigenvalue weighted by Gasteiger charge is 2.28. The Morgan fingerprint density at radius 1 is 1.37 bits per heavy atom. The van der Waals surface area contributed by atoms with Gasteiger partial charge in [0.1, 0.15) is 5.82 Å². The van der Waals surface area contributed by atoms with Gasteiger partial charge in [0.05, 0.1) is 0 Å². The van der Waals surface area contributed by atoms with Crippen LogP contribution in [0, 0.1) is 12.3 Å². The zero-order chi connectivity index (χ0) is 13.9. The van der Waals surface area contributed by atoms with Gasteiger partial charge in [0, 0.05) is 25.4 Å². The molecule has 1 fully saturated rings. The minimum Gasteiger partial charge on any atom is -0.369 e. The van der Waals surface area contributed by atoms with Crippen LogP contribution in [-0.2, 0) is 0 Å². The summed E-state index contributed by atoms with van der Waals surface area (Å²) in [4.78, 5) is 11.1. The molecule has 0 aromatic carbocycles. The van der Waals surface area contributed by atoms with E-state index < -0.39 is 0 Å². The van der Waals surface area contributed by atoms with Crippen molar-refractivity contribution in [2.75, 3.05) is 44.4 Å². The summed E-state index contributed by atoms with van der Waals surface area (Å²) in [7, 11) is 4.04. The molecule has 5 nitrogen and oxygen atoms in total. The number of piperidine rings is 1. The molecule has 2 rings (SSSR count). The molecule has 1 aromatic rings. The third-order valence-electron chi connectivity index (χ3n) is 4.07. The average molecular weight is 263 g/mol. The highest BCUT2D eigenvalue weighted by Crippen LogP contribution is 2.30. The van der Waals surface area contributed by atoms with Crippen LogP contribution >= 0.6 is 0 Å². The second-order valence-electron chi connectivity index (χ2n) is 5.94. The number of aromatic nitrogens is 2. The number of nitrogens with zero attached hydrogens (tertiary/aromatic N) is 3. The summed E-state index contributed by atoms with van der Waals surface area (Å²) in [5.74, 6) is 1.61. The molecule has 0 amide bonds. The van der Waals surface area contributed by atoms with Crippen molar-refractivity contribution in [2.24, 2.45) is 5.41 Å². The highest BCUT2D eigenvalue weighted by molar-refractivity contribution is 5.46. The van der Waals surface area contributed by atoms with Crippen LogP contribution < -0.4 is 10.6 Å². The molecule has 106 valence electrons. The van der Waals surface area contributed by atoms with E-state index in [9.17, 15) is 0 Å². The molecule has 1 aliphatic rings. The first-order valence-electron chi connectivity index (χ1n) is 6.96. The summed E-state index contributed by atoms with van der Waals surface area (Å²) >= 11 is 0. The van der Waals surface area contributed by atoms with Crippen molar-refractivity contribution < 1.29 is 0 Å². The number of aryl methyl sites for hydroxylation is 1. The molecule has 0 atom stereocenters. The first kappa shape index (κ1) is 14.1. The van der Waals surface area contributed by atoms with Crippen molar-refractivity contribution in [3.8, 4) is 0 Å². The van der Waals surface area contributed by atoms with Crippen LogP contribution in [-0.4, -0.2) is 48.6 Å². The van der Waals surface area contributed by atoms with E-state index in [1.54, 1.807) is 0 Å². The fourth-order valence-corrected chi connectivity index (χ4v) is 2.37. The summed E-state index contributed by atoms with van der Waals surface area (Å²) in [6.07, 6.45) is 4.33. The Morgan fingerprint density at radius 2 is 2.05 bits per heavy atom. The largest absolute Gasteiger partial charge is 0.369 e. The summed E-state index contributed by atoms with van der Waals surface area (Å²) in [5, 5.41) is 6.48. The van der Waals surface area contributed by atoms with Crippen molar-refractivity contribution in [1.29, 1.82) is 0 Å². The average Bonchev–Trinajstić information content (AvgIpc) is 2.42. The minimum absolute atomic E-state index is 0.365. The van der Waals surface area contributed by atoms with E-state index in [0.29, 0.717) is 11.4 Å². The highest BCUT2D eigenvalue weighted by atomic mass is 15.1. The zero-order valence-corrected chi connectivity index (χ0v) is 12.5. The molecule has 0 bridgehead atoms. The van der Waals surface area contributed by atoms with Gasteiger partial charge in [-0.2, -0.15) is 4.98 Å². The maximum atomic E-state index is 4.48. The number of likely N-dealkylation sites (tertiary alicyclic amines) is 1. The Hall–Kier alpha value is -1.36. The van der Waals surface area contributed by atoms with E-state index in [2.05, 4.69) is 39.5 Å². The molecule has 2 heterocycles. The second kappa shape index (κ2) is 5.74. The zero-order valence-electron chi connectivity index (χ0n) is 12.5. The molecule has 5 heteroatoms. The SMILES string of the molecule is CNc1ncc(C)c(NCC2(C)CCN(C)CC2)n1. The van der Waals surface area contributed by atoms with Gasteiger partial charge in [0.25, 0.3) is 0 Å². The third kappa shape index (κ3) is 3.56. The molecular weight excluding hydrogens is 238 g/mol. The van der Waals surface area contributed by atoms with Crippen LogP contribution in [0.4, 0.5) is 11.8 Å². The van der Waals surface area contributed by atoms with E-state index in [1.807, 2.05) is 20.2 Å². The van der Waals surface area contributed by atoms with Crippen LogP contribution in [0.5, 0.6) is 0 Å². The van der Waals surface area contributed by atoms with Gasteiger partial charge in [0.2, 0.25) is 5.95 Å². The number of rotatable bonds is 4. The molecule has 0 spiro atoms. The van der Waals surface area contributed by atoms with Gasteiger partial charge in [-0.15, -0.1) is 0 Å². The van der Waals surface area contributed by atoms with E-state index in [4.69, 9.17) is 0 Å². The van der Waals surface area contributed by atoms with Crippen LogP contribution in [0.2, 0.25) is 0 Å². The smallest absolute Gasteiger partial charge is 0.224 e. The topological polar surface area (TPSA) is 53.1 Å². The monoisotopic (exact) mass is 263 g/mol. The first-order chi connectivity index (χ1) is 9.02.